The Hall–Kier alpha value is -0.120. The molecule has 0 spiro atoms. The van der Waals surface area contributed by atoms with Crippen molar-refractivity contribution in [3.05, 3.63) is 0 Å². The SMILES string of the molecule is CN(CC1CCOCC1)C1CCCCCC1N. The van der Waals surface area contributed by atoms with Crippen molar-refractivity contribution in [1.82, 2.24) is 4.90 Å². The Bertz CT molecular complexity index is 216. The van der Waals surface area contributed by atoms with Crippen LogP contribution in [0.2, 0.25) is 0 Å². The zero-order valence-electron chi connectivity index (χ0n) is 11.2. The van der Waals surface area contributed by atoms with Gasteiger partial charge in [-0.25, -0.2) is 0 Å². The van der Waals surface area contributed by atoms with Gasteiger partial charge in [-0.1, -0.05) is 19.3 Å². The van der Waals surface area contributed by atoms with E-state index in [1.54, 1.807) is 0 Å². The van der Waals surface area contributed by atoms with Crippen molar-refractivity contribution in [3.8, 4) is 0 Å². The smallest absolute Gasteiger partial charge is 0.0469 e. The summed E-state index contributed by atoms with van der Waals surface area (Å²) in [4.78, 5) is 2.53. The summed E-state index contributed by atoms with van der Waals surface area (Å²) in [6, 6.07) is 1.00. The van der Waals surface area contributed by atoms with Crippen LogP contribution < -0.4 is 5.73 Å². The molecule has 2 N–H and O–H groups in total. The second kappa shape index (κ2) is 6.72. The maximum Gasteiger partial charge on any atom is 0.0469 e. The monoisotopic (exact) mass is 240 g/mol. The first kappa shape index (κ1) is 13.3. The molecule has 1 saturated heterocycles. The molecule has 3 nitrogen and oxygen atoms in total. The molecule has 1 aliphatic heterocycles. The molecule has 2 aliphatic rings. The van der Waals surface area contributed by atoms with Gasteiger partial charge in [0.05, 0.1) is 0 Å². The van der Waals surface area contributed by atoms with Gasteiger partial charge >= 0.3 is 0 Å². The molecule has 3 heteroatoms. The lowest BCUT2D eigenvalue weighted by Crippen LogP contribution is -2.47. The first-order chi connectivity index (χ1) is 8.27. The topological polar surface area (TPSA) is 38.5 Å². The fourth-order valence-electron chi connectivity index (χ4n) is 3.34. The minimum atomic E-state index is 0.391. The Labute approximate surface area is 106 Å². The summed E-state index contributed by atoms with van der Waals surface area (Å²) >= 11 is 0. The zero-order chi connectivity index (χ0) is 12.1. The molecular formula is C14H28N2O. The molecular weight excluding hydrogens is 212 g/mol. The molecule has 0 aromatic rings. The largest absolute Gasteiger partial charge is 0.381 e. The van der Waals surface area contributed by atoms with Crippen LogP contribution in [0.3, 0.4) is 0 Å². The Morgan fingerprint density at radius 3 is 2.53 bits per heavy atom. The fourth-order valence-corrected chi connectivity index (χ4v) is 3.34. The van der Waals surface area contributed by atoms with Crippen molar-refractivity contribution < 1.29 is 4.74 Å². The molecule has 2 fully saturated rings. The van der Waals surface area contributed by atoms with Gasteiger partial charge in [0, 0.05) is 31.8 Å². The predicted molar refractivity (Wildman–Crippen MR) is 71.0 cm³/mol. The molecule has 1 aliphatic carbocycles. The van der Waals surface area contributed by atoms with Gasteiger partial charge in [-0.3, -0.25) is 0 Å². The van der Waals surface area contributed by atoms with E-state index >= 15 is 0 Å². The van der Waals surface area contributed by atoms with Gasteiger partial charge in [0.1, 0.15) is 0 Å². The molecule has 17 heavy (non-hydrogen) atoms. The van der Waals surface area contributed by atoms with Gasteiger partial charge in [0.2, 0.25) is 0 Å². The van der Waals surface area contributed by atoms with E-state index in [2.05, 4.69) is 11.9 Å². The average molecular weight is 240 g/mol. The molecule has 0 radical (unpaired) electrons. The zero-order valence-corrected chi connectivity index (χ0v) is 11.2. The molecule has 100 valence electrons. The van der Waals surface area contributed by atoms with Crippen LogP contribution in [0.4, 0.5) is 0 Å². The second-order valence-corrected chi connectivity index (χ2v) is 5.86. The number of nitrogens with two attached hydrogens (primary N) is 1. The maximum absolute atomic E-state index is 6.32. The van der Waals surface area contributed by atoms with Gasteiger partial charge in [-0.15, -0.1) is 0 Å². The number of hydrogen-bond acceptors (Lipinski definition) is 3. The summed E-state index contributed by atoms with van der Waals surface area (Å²) in [6.07, 6.45) is 9.01. The van der Waals surface area contributed by atoms with Gasteiger partial charge in [0.15, 0.2) is 0 Å². The van der Waals surface area contributed by atoms with Crippen molar-refractivity contribution >= 4 is 0 Å². The van der Waals surface area contributed by atoms with Crippen LogP contribution in [-0.2, 0) is 4.74 Å². The van der Waals surface area contributed by atoms with E-state index < -0.39 is 0 Å². The van der Waals surface area contributed by atoms with E-state index in [1.165, 1.54) is 51.5 Å². The summed E-state index contributed by atoms with van der Waals surface area (Å²) in [5.41, 5.74) is 6.32. The van der Waals surface area contributed by atoms with Crippen molar-refractivity contribution in [2.75, 3.05) is 26.8 Å². The number of nitrogens with zero attached hydrogens (tertiary/aromatic N) is 1. The molecule has 2 atom stereocenters. The average Bonchev–Trinajstić information content (AvgIpc) is 2.55. The van der Waals surface area contributed by atoms with Crippen LogP contribution in [0.25, 0.3) is 0 Å². The Morgan fingerprint density at radius 1 is 1.06 bits per heavy atom. The van der Waals surface area contributed by atoms with Crippen LogP contribution in [0, 0.1) is 5.92 Å². The fraction of sp³-hybridized carbons (Fsp3) is 1.00. The van der Waals surface area contributed by atoms with Crippen LogP contribution in [-0.4, -0.2) is 43.8 Å². The lowest BCUT2D eigenvalue weighted by molar-refractivity contribution is 0.0477. The van der Waals surface area contributed by atoms with Crippen LogP contribution >= 0.6 is 0 Å². The third-order valence-corrected chi connectivity index (χ3v) is 4.48. The highest BCUT2D eigenvalue weighted by Crippen LogP contribution is 2.23. The van der Waals surface area contributed by atoms with Crippen LogP contribution in [0.1, 0.15) is 44.9 Å². The normalized spacial score (nSPS) is 32.6. The Balaban J connectivity index is 1.81. The first-order valence-corrected chi connectivity index (χ1v) is 7.31. The van der Waals surface area contributed by atoms with E-state index in [9.17, 15) is 0 Å². The predicted octanol–water partition coefficient (Wildman–Crippen LogP) is 2.00. The van der Waals surface area contributed by atoms with Crippen molar-refractivity contribution in [3.63, 3.8) is 0 Å². The molecule has 0 aromatic carbocycles. The first-order valence-electron chi connectivity index (χ1n) is 7.31. The summed E-state index contributed by atoms with van der Waals surface area (Å²) < 4.78 is 5.42. The molecule has 2 rings (SSSR count). The van der Waals surface area contributed by atoms with Crippen molar-refractivity contribution in [1.29, 1.82) is 0 Å². The van der Waals surface area contributed by atoms with Gasteiger partial charge < -0.3 is 15.4 Å². The highest BCUT2D eigenvalue weighted by atomic mass is 16.5. The van der Waals surface area contributed by atoms with E-state index in [1.807, 2.05) is 0 Å². The lowest BCUT2D eigenvalue weighted by atomic mass is 9.96. The van der Waals surface area contributed by atoms with Crippen molar-refractivity contribution in [2.45, 2.75) is 57.0 Å². The number of likely N-dealkylation sites (N-methyl/N-ethyl adjacent to an activating group) is 1. The van der Waals surface area contributed by atoms with Crippen LogP contribution in [0.15, 0.2) is 0 Å². The third kappa shape index (κ3) is 3.94. The molecule has 0 amide bonds. The standard InChI is InChI=1S/C14H28N2O/c1-16(11-12-7-9-17-10-8-12)14-6-4-2-3-5-13(14)15/h12-14H,2-11,15H2,1H3. The van der Waals surface area contributed by atoms with E-state index in [4.69, 9.17) is 10.5 Å². The summed E-state index contributed by atoms with van der Waals surface area (Å²) in [5.74, 6) is 0.823. The third-order valence-electron chi connectivity index (χ3n) is 4.48. The number of rotatable bonds is 3. The Kier molecular flexibility index (Phi) is 5.26. The van der Waals surface area contributed by atoms with Crippen molar-refractivity contribution in [2.24, 2.45) is 11.7 Å². The lowest BCUT2D eigenvalue weighted by Gasteiger charge is -2.35. The molecule has 0 bridgehead atoms. The summed E-state index contributed by atoms with van der Waals surface area (Å²) in [5, 5.41) is 0. The van der Waals surface area contributed by atoms with Crippen LogP contribution in [0.5, 0.6) is 0 Å². The van der Waals surface area contributed by atoms with E-state index in [0.717, 1.165) is 19.1 Å². The molecule has 2 unspecified atom stereocenters. The van der Waals surface area contributed by atoms with Gasteiger partial charge in [-0.05, 0) is 38.6 Å². The minimum absolute atomic E-state index is 0.391. The molecule has 1 heterocycles. The summed E-state index contributed by atoms with van der Waals surface area (Å²) in [7, 11) is 2.27. The van der Waals surface area contributed by atoms with E-state index in [0.29, 0.717) is 12.1 Å². The highest BCUT2D eigenvalue weighted by Gasteiger charge is 2.26. The maximum atomic E-state index is 6.32. The molecule has 0 aromatic heterocycles. The molecule has 1 saturated carbocycles. The number of ether oxygens (including phenoxy) is 1. The highest BCUT2D eigenvalue weighted by molar-refractivity contribution is 4.84. The minimum Gasteiger partial charge on any atom is -0.381 e. The summed E-state index contributed by atoms with van der Waals surface area (Å²) in [6.45, 7) is 3.12. The Morgan fingerprint density at radius 2 is 1.76 bits per heavy atom. The number of hydrogen-bond donors (Lipinski definition) is 1. The second-order valence-electron chi connectivity index (χ2n) is 5.86. The van der Waals surface area contributed by atoms with Gasteiger partial charge in [-0.2, -0.15) is 0 Å². The van der Waals surface area contributed by atoms with Gasteiger partial charge in [0.25, 0.3) is 0 Å². The quantitative estimate of drug-likeness (QED) is 0.767. The van der Waals surface area contributed by atoms with E-state index in [-0.39, 0.29) is 0 Å².